The van der Waals surface area contributed by atoms with Crippen LogP contribution in [-0.4, -0.2) is 17.1 Å². The minimum absolute atomic E-state index is 0.0895. The van der Waals surface area contributed by atoms with Gasteiger partial charge in [-0.3, -0.25) is 9.78 Å². The van der Waals surface area contributed by atoms with Crippen LogP contribution >= 0.6 is 0 Å². The molecule has 2 atom stereocenters. The zero-order valence-corrected chi connectivity index (χ0v) is 25.7. The van der Waals surface area contributed by atoms with Gasteiger partial charge in [-0.25, -0.2) is 0 Å². The maximum atomic E-state index is 12.3. The molecule has 0 saturated heterocycles. The van der Waals surface area contributed by atoms with Crippen molar-refractivity contribution in [2.24, 2.45) is 11.8 Å². The summed E-state index contributed by atoms with van der Waals surface area (Å²) in [5, 5.41) is 5.45. The van der Waals surface area contributed by atoms with Gasteiger partial charge in [0.05, 0.1) is 17.5 Å². The van der Waals surface area contributed by atoms with Crippen molar-refractivity contribution in [3.8, 4) is 0 Å². The molecule has 0 spiro atoms. The predicted molar refractivity (Wildman–Crippen MR) is 174 cm³/mol. The Morgan fingerprint density at radius 1 is 1.15 bits per heavy atom. The summed E-state index contributed by atoms with van der Waals surface area (Å²) in [4.78, 5) is 17.0. The number of aryl methyl sites for hydroxylation is 1. The molecular formula is C37H46N2O2. The molecule has 216 valence electrons. The molecule has 1 aromatic carbocycles. The number of ether oxygens (including phenoxy) is 1. The van der Waals surface area contributed by atoms with E-state index < -0.39 is 0 Å². The van der Waals surface area contributed by atoms with E-state index in [1.54, 1.807) is 0 Å². The largest absolute Gasteiger partial charge is 0.463 e. The molecule has 0 fully saturated rings. The van der Waals surface area contributed by atoms with Gasteiger partial charge in [0, 0.05) is 23.9 Å². The van der Waals surface area contributed by atoms with Crippen molar-refractivity contribution in [2.75, 3.05) is 0 Å². The molecule has 4 nitrogen and oxygen atoms in total. The Balaban J connectivity index is 1.96. The van der Waals surface area contributed by atoms with E-state index >= 15 is 0 Å². The highest BCUT2D eigenvalue weighted by atomic mass is 16.5. The molecule has 0 saturated carbocycles. The van der Waals surface area contributed by atoms with Gasteiger partial charge in [-0.1, -0.05) is 69.9 Å². The van der Waals surface area contributed by atoms with E-state index in [0.29, 0.717) is 6.42 Å². The smallest absolute Gasteiger partial charge is 0.306 e. The second kappa shape index (κ2) is 15.2. The molecule has 1 aliphatic rings. The zero-order chi connectivity index (χ0) is 29.9. The normalized spacial score (nSPS) is 15.5. The number of rotatable bonds is 12. The van der Waals surface area contributed by atoms with Crippen molar-refractivity contribution in [3.05, 3.63) is 112 Å². The van der Waals surface area contributed by atoms with Gasteiger partial charge in [0.25, 0.3) is 0 Å². The van der Waals surface area contributed by atoms with Gasteiger partial charge >= 0.3 is 5.97 Å². The molecule has 1 aromatic heterocycles. The predicted octanol–water partition coefficient (Wildman–Crippen LogP) is 7.41. The summed E-state index contributed by atoms with van der Waals surface area (Å²) >= 11 is 0. The number of benzene rings is 1. The number of aromatic nitrogens is 1. The highest BCUT2D eigenvalue weighted by Gasteiger charge is 2.20. The summed E-state index contributed by atoms with van der Waals surface area (Å²) < 4.78 is 5.39. The minimum atomic E-state index is -0.128. The van der Waals surface area contributed by atoms with Crippen molar-refractivity contribution in [1.29, 1.82) is 0 Å². The van der Waals surface area contributed by atoms with Crippen LogP contribution in [0.15, 0.2) is 84.6 Å². The molecule has 4 heteroatoms. The van der Waals surface area contributed by atoms with Crippen LogP contribution in [0.25, 0.3) is 23.9 Å². The van der Waals surface area contributed by atoms with Crippen LogP contribution in [0.1, 0.15) is 77.3 Å². The molecule has 0 aliphatic carbocycles. The van der Waals surface area contributed by atoms with Gasteiger partial charge in [0.2, 0.25) is 0 Å². The third-order valence-electron chi connectivity index (χ3n) is 7.26. The van der Waals surface area contributed by atoms with E-state index in [9.17, 15) is 4.79 Å². The number of carbonyl (C=O) groups excluding carboxylic acids is 1. The summed E-state index contributed by atoms with van der Waals surface area (Å²) in [7, 11) is 0. The number of carbonyl (C=O) groups is 1. The van der Waals surface area contributed by atoms with Gasteiger partial charge in [0.1, 0.15) is 0 Å². The Labute approximate surface area is 246 Å². The van der Waals surface area contributed by atoms with E-state index in [1.165, 1.54) is 0 Å². The quantitative estimate of drug-likeness (QED) is 0.221. The Morgan fingerprint density at radius 3 is 2.61 bits per heavy atom. The first-order valence-corrected chi connectivity index (χ1v) is 14.8. The molecule has 1 N–H and O–H groups in total. The lowest BCUT2D eigenvalue weighted by atomic mass is 9.82. The van der Waals surface area contributed by atoms with E-state index in [0.717, 1.165) is 69.1 Å². The SMILES string of the molecule is C=C(C(/C=c1/cc(C2=C(c3cccc(C)n3)NC=CC=C2)ccc1=C)=C/C)C(CCC)CC(C)CC(=O)OC(C)C. The summed E-state index contributed by atoms with van der Waals surface area (Å²) in [5.41, 5.74) is 7.19. The topological polar surface area (TPSA) is 51.2 Å². The van der Waals surface area contributed by atoms with Crippen LogP contribution in [0.5, 0.6) is 0 Å². The van der Waals surface area contributed by atoms with Crippen molar-refractivity contribution in [2.45, 2.75) is 73.3 Å². The molecule has 0 bridgehead atoms. The van der Waals surface area contributed by atoms with E-state index in [1.807, 2.05) is 57.3 Å². The van der Waals surface area contributed by atoms with Crippen LogP contribution in [0.2, 0.25) is 0 Å². The van der Waals surface area contributed by atoms with Gasteiger partial charge in [0.15, 0.2) is 0 Å². The van der Waals surface area contributed by atoms with Gasteiger partial charge in [-0.05, 0) is 110 Å². The van der Waals surface area contributed by atoms with E-state index in [4.69, 9.17) is 9.72 Å². The lowest BCUT2D eigenvalue weighted by Gasteiger charge is -2.23. The van der Waals surface area contributed by atoms with Crippen LogP contribution in [0.4, 0.5) is 0 Å². The molecule has 2 aromatic rings. The standard InChI is InChI=1S/C37H46N2O2/c1-9-14-31(21-26(5)22-36(40)41-25(3)4)29(8)30(10-2)23-33-24-32(19-18-27(33)6)34-16-11-12-20-38-37(34)35-17-13-15-28(7)39-35/h10-13,15-20,23-26,31,38H,6,8-9,14,21-22H2,1-5,7H3/b30-10+,33-23-. The average molecular weight is 551 g/mol. The highest BCUT2D eigenvalue weighted by molar-refractivity contribution is 5.95. The third-order valence-corrected chi connectivity index (χ3v) is 7.26. The molecular weight excluding hydrogens is 504 g/mol. The summed E-state index contributed by atoms with van der Waals surface area (Å²) in [6.45, 7) is 21.1. The number of allylic oxidation sites excluding steroid dienone is 7. The van der Waals surface area contributed by atoms with Gasteiger partial charge < -0.3 is 10.1 Å². The molecule has 1 aliphatic heterocycles. The van der Waals surface area contributed by atoms with Crippen molar-refractivity contribution in [3.63, 3.8) is 0 Å². The maximum Gasteiger partial charge on any atom is 0.306 e. The lowest BCUT2D eigenvalue weighted by Crippen LogP contribution is -2.24. The first-order chi connectivity index (χ1) is 19.6. The fraction of sp³-hybridized carbons (Fsp3) is 0.351. The molecule has 0 radical (unpaired) electrons. The van der Waals surface area contributed by atoms with Crippen LogP contribution in [0.3, 0.4) is 0 Å². The Kier molecular flexibility index (Phi) is 11.7. The zero-order valence-electron chi connectivity index (χ0n) is 25.7. The second-order valence-corrected chi connectivity index (χ2v) is 11.2. The van der Waals surface area contributed by atoms with Crippen LogP contribution in [-0.2, 0) is 9.53 Å². The highest BCUT2D eigenvalue weighted by Crippen LogP contribution is 2.31. The van der Waals surface area contributed by atoms with E-state index in [2.05, 4.69) is 75.7 Å². The van der Waals surface area contributed by atoms with Crippen LogP contribution in [0, 0.1) is 18.8 Å². The Morgan fingerprint density at radius 2 is 1.93 bits per heavy atom. The summed E-state index contributed by atoms with van der Waals surface area (Å²) in [6.07, 6.45) is 15.7. The fourth-order valence-corrected chi connectivity index (χ4v) is 5.24. The van der Waals surface area contributed by atoms with Crippen LogP contribution < -0.4 is 15.8 Å². The molecule has 2 unspecified atom stereocenters. The Hall–Kier alpha value is -3.92. The number of esters is 1. The van der Waals surface area contributed by atoms with Crippen molar-refractivity contribution >= 4 is 29.9 Å². The average Bonchev–Trinajstić information content (AvgIpc) is 3.18. The summed E-state index contributed by atoms with van der Waals surface area (Å²) in [5.74, 6) is 0.363. The summed E-state index contributed by atoms with van der Waals surface area (Å²) in [6, 6.07) is 12.5. The lowest BCUT2D eigenvalue weighted by molar-refractivity contribution is -0.148. The minimum Gasteiger partial charge on any atom is -0.463 e. The van der Waals surface area contributed by atoms with E-state index in [-0.39, 0.29) is 23.9 Å². The number of nitrogens with zero attached hydrogens (tertiary/aromatic N) is 1. The van der Waals surface area contributed by atoms with Crippen molar-refractivity contribution in [1.82, 2.24) is 10.3 Å². The van der Waals surface area contributed by atoms with Crippen molar-refractivity contribution < 1.29 is 9.53 Å². The molecule has 0 amide bonds. The number of hydrogen-bond donors (Lipinski definition) is 1. The van der Waals surface area contributed by atoms with Gasteiger partial charge in [-0.15, -0.1) is 0 Å². The monoisotopic (exact) mass is 550 g/mol. The molecule has 2 heterocycles. The second-order valence-electron chi connectivity index (χ2n) is 11.2. The maximum absolute atomic E-state index is 12.3. The third kappa shape index (κ3) is 9.04. The molecule has 41 heavy (non-hydrogen) atoms. The fourth-order valence-electron chi connectivity index (χ4n) is 5.24. The van der Waals surface area contributed by atoms with Gasteiger partial charge in [-0.2, -0.15) is 0 Å². The molecule has 3 rings (SSSR count). The number of hydrogen-bond acceptors (Lipinski definition) is 4. The number of pyridine rings is 1. The first kappa shape index (κ1) is 31.6. The number of nitrogens with one attached hydrogen (secondary N) is 1. The first-order valence-electron chi connectivity index (χ1n) is 14.8. The Bertz CT molecular complexity index is 1470.